The number of hydrogen-bond acceptors (Lipinski definition) is 4. The summed E-state index contributed by atoms with van der Waals surface area (Å²) in [6.07, 6.45) is -0.341. The summed E-state index contributed by atoms with van der Waals surface area (Å²) in [5.74, 6) is -2.45. The van der Waals surface area contributed by atoms with Crippen LogP contribution in [-0.4, -0.2) is 35.8 Å². The molecule has 0 aromatic carbocycles. The summed E-state index contributed by atoms with van der Waals surface area (Å²) in [7, 11) is 0. The summed E-state index contributed by atoms with van der Waals surface area (Å²) in [6, 6.07) is 0. The number of rotatable bonds is 4. The van der Waals surface area contributed by atoms with Gasteiger partial charge in [-0.15, -0.1) is 0 Å². The van der Waals surface area contributed by atoms with Gasteiger partial charge in [0.15, 0.2) is 0 Å². The zero-order chi connectivity index (χ0) is 7.28. The van der Waals surface area contributed by atoms with E-state index in [2.05, 4.69) is 0 Å². The Morgan fingerprint density at radius 1 is 1.00 bits per heavy atom. The zero-order valence-corrected chi connectivity index (χ0v) is 9.50. The average Bonchev–Trinajstić information content (AvgIpc) is 1.63. The van der Waals surface area contributed by atoms with Crippen molar-refractivity contribution >= 4 is 35.8 Å². The first-order valence-corrected chi connectivity index (χ1v) is 2.52. The van der Waals surface area contributed by atoms with Gasteiger partial charge in [-0.3, -0.25) is 0 Å². The van der Waals surface area contributed by atoms with Gasteiger partial charge in [0.2, 0.25) is 0 Å². The number of carbonyl (C=O) groups is 2. The molecule has 0 rings (SSSR count). The van der Waals surface area contributed by atoms with Crippen LogP contribution in [0.2, 0.25) is 0 Å². The maximum absolute atomic E-state index is 9.66. The second-order valence-electron chi connectivity index (χ2n) is 1.60. The third-order valence-corrected chi connectivity index (χ3v) is 0.762. The number of hydrogen-bond donors (Lipinski definition) is 0. The van der Waals surface area contributed by atoms with Crippen molar-refractivity contribution in [2.75, 3.05) is 0 Å². The number of carbonyl (C=O) groups excluding carboxylic acids is 2. The number of carboxylic acids is 2. The van der Waals surface area contributed by atoms with Crippen LogP contribution in [0.15, 0.2) is 0 Å². The Hall–Kier alpha value is -0.261. The van der Waals surface area contributed by atoms with E-state index in [1.807, 2.05) is 0 Å². The van der Waals surface area contributed by atoms with E-state index < -0.39 is 11.9 Å². The van der Waals surface area contributed by atoms with E-state index in [4.69, 9.17) is 0 Å². The van der Waals surface area contributed by atoms with Gasteiger partial charge < -0.3 is 19.8 Å². The first kappa shape index (κ1) is 12.4. The van der Waals surface area contributed by atoms with E-state index in [0.29, 0.717) is 0 Å². The monoisotopic (exact) mass is 252 g/mol. The molecule has 0 unspecified atom stereocenters. The predicted octanol–water partition coefficient (Wildman–Crippen LogP) is -3.26. The molecule has 0 N–H and O–H groups in total. The minimum atomic E-state index is -1.23. The Bertz CT molecular complexity index is 109. The van der Waals surface area contributed by atoms with Crippen molar-refractivity contribution in [2.45, 2.75) is 19.3 Å². The summed E-state index contributed by atoms with van der Waals surface area (Å²) in [4.78, 5) is 19.3. The molecule has 0 radical (unpaired) electrons. The van der Waals surface area contributed by atoms with Crippen molar-refractivity contribution in [1.82, 2.24) is 0 Å². The molecule has 0 aliphatic heterocycles. The Morgan fingerprint density at radius 2 is 1.30 bits per heavy atom. The molecular formula is C5H8O4Sn. The molecule has 0 aliphatic carbocycles. The molecule has 4 nitrogen and oxygen atoms in total. The summed E-state index contributed by atoms with van der Waals surface area (Å²) >= 11 is 0. The van der Waals surface area contributed by atoms with Gasteiger partial charge in [-0.25, -0.2) is 0 Å². The molecule has 56 valence electrons. The van der Waals surface area contributed by atoms with Gasteiger partial charge in [-0.05, 0) is 19.3 Å². The molecule has 0 aromatic rings. The molecule has 0 saturated heterocycles. The van der Waals surface area contributed by atoms with E-state index >= 15 is 0 Å². The Labute approximate surface area is 75.2 Å². The first-order chi connectivity index (χ1) is 4.13. The Kier molecular flexibility index (Phi) is 8.51. The third kappa shape index (κ3) is 10.7. The van der Waals surface area contributed by atoms with Gasteiger partial charge in [-0.1, -0.05) is 0 Å². The average molecular weight is 251 g/mol. The molecular weight excluding hydrogens is 243 g/mol. The van der Waals surface area contributed by atoms with E-state index in [9.17, 15) is 19.8 Å². The maximum atomic E-state index is 9.66. The Balaban J connectivity index is 0. The quantitative estimate of drug-likeness (QED) is 0.491. The molecule has 0 amide bonds. The molecule has 0 saturated carbocycles. The van der Waals surface area contributed by atoms with Crippen LogP contribution in [0, 0.1) is 0 Å². The van der Waals surface area contributed by atoms with E-state index in [0.717, 1.165) is 0 Å². The van der Waals surface area contributed by atoms with E-state index in [1.54, 1.807) is 0 Å². The van der Waals surface area contributed by atoms with Crippen LogP contribution in [0.4, 0.5) is 0 Å². The standard InChI is InChI=1S/C5H8O4.Sn.2H/c6-4(7)2-1-3-5(8)9;;;/h1-3H2,(H,6,7)(H,8,9);;;/q;+2;;/p-2. The van der Waals surface area contributed by atoms with Crippen LogP contribution < -0.4 is 10.2 Å². The fourth-order valence-electron chi connectivity index (χ4n) is 0.377. The summed E-state index contributed by atoms with van der Waals surface area (Å²) in [5.41, 5.74) is 0. The molecule has 10 heavy (non-hydrogen) atoms. The van der Waals surface area contributed by atoms with Crippen LogP contribution >= 0.6 is 0 Å². The van der Waals surface area contributed by atoms with Gasteiger partial charge in [-0.2, -0.15) is 0 Å². The zero-order valence-electron chi connectivity index (χ0n) is 5.46. The van der Waals surface area contributed by atoms with Gasteiger partial charge in [0, 0.05) is 11.9 Å². The first-order valence-electron chi connectivity index (χ1n) is 2.52. The van der Waals surface area contributed by atoms with Crippen LogP contribution in [0.5, 0.6) is 0 Å². The van der Waals surface area contributed by atoms with Gasteiger partial charge in [0.1, 0.15) is 0 Å². The van der Waals surface area contributed by atoms with Gasteiger partial charge in [0.05, 0.1) is 0 Å². The molecule has 0 heterocycles. The molecule has 0 aromatic heterocycles. The molecule has 5 heteroatoms. The van der Waals surface area contributed by atoms with Crippen molar-refractivity contribution in [3.63, 3.8) is 0 Å². The SMILES string of the molecule is O=C([O-])CCCC(=O)[O-].[SnH2+2]. The summed E-state index contributed by atoms with van der Waals surface area (Å²) in [5, 5.41) is 19.3. The van der Waals surface area contributed by atoms with E-state index in [-0.39, 0.29) is 43.2 Å². The molecule has 0 aliphatic rings. The predicted molar refractivity (Wildman–Crippen MR) is 32.4 cm³/mol. The van der Waals surface area contributed by atoms with Crippen molar-refractivity contribution in [2.24, 2.45) is 0 Å². The van der Waals surface area contributed by atoms with Crippen molar-refractivity contribution in [3.05, 3.63) is 0 Å². The fourth-order valence-corrected chi connectivity index (χ4v) is 0.377. The number of aliphatic carboxylic acids is 2. The topological polar surface area (TPSA) is 80.3 Å². The second kappa shape index (κ2) is 6.85. The van der Waals surface area contributed by atoms with Crippen molar-refractivity contribution < 1.29 is 19.8 Å². The van der Waals surface area contributed by atoms with Gasteiger partial charge >= 0.3 is 23.9 Å². The molecule has 0 bridgehead atoms. The summed E-state index contributed by atoms with van der Waals surface area (Å²) < 4.78 is 0. The Morgan fingerprint density at radius 3 is 1.50 bits per heavy atom. The molecule has 0 spiro atoms. The normalized spacial score (nSPS) is 8.00. The number of carboxylic acid groups (broad SMARTS) is 2. The fraction of sp³-hybridized carbons (Fsp3) is 0.600. The van der Waals surface area contributed by atoms with Crippen molar-refractivity contribution in [3.8, 4) is 0 Å². The van der Waals surface area contributed by atoms with E-state index in [1.165, 1.54) is 0 Å². The summed E-state index contributed by atoms with van der Waals surface area (Å²) in [6.45, 7) is 0. The van der Waals surface area contributed by atoms with Crippen LogP contribution in [0.25, 0.3) is 0 Å². The second-order valence-corrected chi connectivity index (χ2v) is 1.60. The van der Waals surface area contributed by atoms with Crippen LogP contribution in [0.3, 0.4) is 0 Å². The van der Waals surface area contributed by atoms with Crippen molar-refractivity contribution in [1.29, 1.82) is 0 Å². The minimum absolute atomic E-state index is 0. The molecule has 0 atom stereocenters. The van der Waals surface area contributed by atoms with Crippen LogP contribution in [-0.2, 0) is 9.59 Å². The van der Waals surface area contributed by atoms with Crippen LogP contribution in [0.1, 0.15) is 19.3 Å². The third-order valence-electron chi connectivity index (χ3n) is 0.762. The molecule has 0 fully saturated rings. The van der Waals surface area contributed by atoms with Gasteiger partial charge in [0.25, 0.3) is 0 Å².